The second-order valence-corrected chi connectivity index (χ2v) is 9.62. The van der Waals surface area contributed by atoms with Gasteiger partial charge in [0.05, 0.1) is 6.10 Å². The normalized spacial score (nSPS) is 28.6. The van der Waals surface area contributed by atoms with Crippen molar-refractivity contribution in [3.05, 3.63) is 42.5 Å². The third-order valence-electron chi connectivity index (χ3n) is 6.97. The number of allylic oxidation sites excluding steroid dienone is 1. The maximum atomic E-state index is 10.9. The molecule has 1 aliphatic carbocycles. The average Bonchev–Trinajstić information content (AvgIpc) is 3.36. The van der Waals surface area contributed by atoms with Gasteiger partial charge in [0.25, 0.3) is 0 Å². The van der Waals surface area contributed by atoms with Crippen LogP contribution in [0.1, 0.15) is 63.4 Å². The molecule has 1 saturated carbocycles. The van der Waals surface area contributed by atoms with E-state index >= 15 is 0 Å². The number of benzene rings is 1. The molecule has 1 saturated heterocycles. The van der Waals surface area contributed by atoms with Crippen LogP contribution in [0.5, 0.6) is 5.75 Å². The van der Waals surface area contributed by atoms with Crippen LogP contribution in [0.4, 0.5) is 0 Å². The fraction of sp³-hybridized carbons (Fsp3) is 0.704. The van der Waals surface area contributed by atoms with Gasteiger partial charge in [-0.2, -0.15) is 0 Å². The highest BCUT2D eigenvalue weighted by molar-refractivity contribution is 5.28. The summed E-state index contributed by atoms with van der Waals surface area (Å²) in [5.74, 6) is 1.37. The van der Waals surface area contributed by atoms with Crippen molar-refractivity contribution in [1.29, 1.82) is 0 Å². The van der Waals surface area contributed by atoms with Gasteiger partial charge < -0.3 is 34.6 Å². The van der Waals surface area contributed by atoms with Crippen LogP contribution >= 0.6 is 0 Å². The van der Waals surface area contributed by atoms with Crippen LogP contribution in [0.15, 0.2) is 36.9 Å². The first-order valence-corrected chi connectivity index (χ1v) is 12.8. The molecule has 0 spiro atoms. The van der Waals surface area contributed by atoms with Crippen LogP contribution in [0.3, 0.4) is 0 Å². The molecule has 0 radical (unpaired) electrons. The predicted molar refractivity (Wildman–Crippen MR) is 130 cm³/mol. The zero-order valence-corrected chi connectivity index (χ0v) is 20.1. The molecule has 7 nitrogen and oxygen atoms in total. The number of unbranched alkanes of at least 4 members (excludes halogenated alkanes) is 1. The molecule has 192 valence electrons. The zero-order valence-electron chi connectivity index (χ0n) is 20.1. The lowest BCUT2D eigenvalue weighted by Gasteiger charge is -2.43. The number of rotatable bonds is 14. The highest BCUT2D eigenvalue weighted by Crippen LogP contribution is 2.31. The van der Waals surface area contributed by atoms with Gasteiger partial charge in [-0.15, -0.1) is 6.58 Å². The van der Waals surface area contributed by atoms with Crippen molar-refractivity contribution in [2.45, 2.75) is 101 Å². The van der Waals surface area contributed by atoms with Gasteiger partial charge in [-0.05, 0) is 49.3 Å². The smallest absolute Gasteiger partial charge is 0.229 e. The van der Waals surface area contributed by atoms with E-state index in [4.69, 9.17) is 19.3 Å². The van der Waals surface area contributed by atoms with Gasteiger partial charge in [-0.1, -0.05) is 56.7 Å². The lowest BCUT2D eigenvalue weighted by molar-refractivity contribution is -0.297. The van der Waals surface area contributed by atoms with E-state index in [2.05, 4.69) is 6.58 Å². The zero-order chi connectivity index (χ0) is 24.3. The van der Waals surface area contributed by atoms with Crippen molar-refractivity contribution in [2.75, 3.05) is 13.2 Å². The Balaban J connectivity index is 1.62. The van der Waals surface area contributed by atoms with Crippen LogP contribution in [0.2, 0.25) is 0 Å². The van der Waals surface area contributed by atoms with E-state index in [1.54, 1.807) is 0 Å². The molecule has 1 aromatic carbocycles. The summed E-state index contributed by atoms with van der Waals surface area (Å²) < 4.78 is 18.0. The third-order valence-corrected chi connectivity index (χ3v) is 6.97. The Morgan fingerprint density at radius 2 is 1.79 bits per heavy atom. The Bertz CT molecular complexity index is 703. The van der Waals surface area contributed by atoms with Gasteiger partial charge >= 0.3 is 0 Å². The molecule has 0 amide bonds. The molecule has 1 heterocycles. The Labute approximate surface area is 203 Å². The number of hydrogen-bond donors (Lipinski definition) is 4. The van der Waals surface area contributed by atoms with E-state index in [9.17, 15) is 15.3 Å². The summed E-state index contributed by atoms with van der Waals surface area (Å²) in [6.45, 7) is 4.10. The Kier molecular flexibility index (Phi) is 11.3. The van der Waals surface area contributed by atoms with Crippen molar-refractivity contribution >= 4 is 0 Å². The fourth-order valence-corrected chi connectivity index (χ4v) is 4.98. The van der Waals surface area contributed by atoms with Crippen molar-refractivity contribution < 1.29 is 34.6 Å². The molecular weight excluding hydrogens is 436 g/mol. The lowest BCUT2D eigenvalue weighted by Crippen LogP contribution is -2.62. The lowest BCUT2D eigenvalue weighted by atomic mass is 9.93. The van der Waals surface area contributed by atoms with Gasteiger partial charge in [0, 0.05) is 13.2 Å². The Morgan fingerprint density at radius 3 is 2.47 bits per heavy atom. The fourth-order valence-electron chi connectivity index (χ4n) is 4.98. The topological polar surface area (TPSA) is 109 Å². The van der Waals surface area contributed by atoms with E-state index in [-0.39, 0.29) is 13.0 Å². The first kappa shape index (κ1) is 27.1. The summed E-state index contributed by atoms with van der Waals surface area (Å²) in [6, 6.07) is 7.49. The standard InChI is InChI=1S/C27H42O7/c1-2-8-19-13-15-21(16-14-19)33-27-26(32-18-6-5-11-20-9-3-4-10-20)24(31)23(30)25(34-27)22(29)12-7-17-28/h2,13-16,20,22-31H,1,3-12,17-18H2/t22-,23-,24-,25+,26+,27+/m0/s1. The first-order valence-electron chi connectivity index (χ1n) is 12.8. The second kappa shape index (κ2) is 14.2. The molecule has 1 aliphatic heterocycles. The van der Waals surface area contributed by atoms with E-state index in [1.165, 1.54) is 32.1 Å². The maximum absolute atomic E-state index is 10.9. The highest BCUT2D eigenvalue weighted by atomic mass is 16.7. The van der Waals surface area contributed by atoms with Crippen LogP contribution < -0.4 is 4.74 Å². The quantitative estimate of drug-likeness (QED) is 0.240. The summed E-state index contributed by atoms with van der Waals surface area (Å²) in [5.41, 5.74) is 1.09. The van der Waals surface area contributed by atoms with Crippen LogP contribution in [-0.4, -0.2) is 70.4 Å². The van der Waals surface area contributed by atoms with Crippen LogP contribution in [0.25, 0.3) is 0 Å². The van der Waals surface area contributed by atoms with Gasteiger partial charge in [-0.25, -0.2) is 0 Å². The summed E-state index contributed by atoms with van der Waals surface area (Å²) in [6.07, 6.45) is 5.03. The third kappa shape index (κ3) is 7.77. The molecule has 34 heavy (non-hydrogen) atoms. The van der Waals surface area contributed by atoms with Crippen molar-refractivity contribution in [3.63, 3.8) is 0 Å². The Morgan fingerprint density at radius 1 is 1.06 bits per heavy atom. The summed E-state index contributed by atoms with van der Waals surface area (Å²) in [4.78, 5) is 0. The van der Waals surface area contributed by atoms with Crippen molar-refractivity contribution in [3.8, 4) is 5.75 Å². The molecule has 7 heteroatoms. The minimum absolute atomic E-state index is 0.0774. The summed E-state index contributed by atoms with van der Waals surface area (Å²) in [5, 5.41) is 41.1. The largest absolute Gasteiger partial charge is 0.462 e. The molecule has 0 bridgehead atoms. The van der Waals surface area contributed by atoms with E-state index in [1.807, 2.05) is 30.3 Å². The monoisotopic (exact) mass is 478 g/mol. The number of hydrogen-bond acceptors (Lipinski definition) is 7. The predicted octanol–water partition coefficient (Wildman–Crippen LogP) is 3.12. The van der Waals surface area contributed by atoms with Gasteiger partial charge in [0.15, 0.2) is 0 Å². The molecule has 2 fully saturated rings. The van der Waals surface area contributed by atoms with E-state index < -0.39 is 36.8 Å². The minimum Gasteiger partial charge on any atom is -0.462 e. The number of aliphatic hydroxyl groups excluding tert-OH is 4. The second-order valence-electron chi connectivity index (χ2n) is 9.62. The van der Waals surface area contributed by atoms with Gasteiger partial charge in [-0.3, -0.25) is 0 Å². The van der Waals surface area contributed by atoms with Crippen molar-refractivity contribution in [1.82, 2.24) is 0 Å². The van der Waals surface area contributed by atoms with E-state index in [0.717, 1.165) is 30.7 Å². The number of ether oxygens (including phenoxy) is 3. The average molecular weight is 479 g/mol. The molecule has 0 aromatic heterocycles. The molecule has 0 unspecified atom stereocenters. The first-order chi connectivity index (χ1) is 16.5. The highest BCUT2D eigenvalue weighted by Gasteiger charge is 2.48. The molecule has 1 aromatic rings. The summed E-state index contributed by atoms with van der Waals surface area (Å²) >= 11 is 0. The number of aliphatic hydroxyl groups is 4. The SMILES string of the molecule is C=CCc1ccc(O[C@@H]2O[C@H]([C@@H](O)CCCO)[C@@H](O)[C@H](O)[C@H]2OCCCCC2CCCC2)cc1. The molecular formula is C27H42O7. The molecule has 4 N–H and O–H groups in total. The summed E-state index contributed by atoms with van der Waals surface area (Å²) in [7, 11) is 0. The molecule has 6 atom stereocenters. The minimum atomic E-state index is -1.33. The van der Waals surface area contributed by atoms with Crippen LogP contribution in [-0.2, 0) is 15.9 Å². The Hall–Kier alpha value is -1.48. The van der Waals surface area contributed by atoms with Gasteiger partial charge in [0.1, 0.15) is 30.2 Å². The molecule has 3 rings (SSSR count). The van der Waals surface area contributed by atoms with Crippen molar-refractivity contribution in [2.24, 2.45) is 5.92 Å². The molecule has 2 aliphatic rings. The van der Waals surface area contributed by atoms with E-state index in [0.29, 0.717) is 18.8 Å². The maximum Gasteiger partial charge on any atom is 0.229 e. The van der Waals surface area contributed by atoms with Gasteiger partial charge in [0.2, 0.25) is 6.29 Å². The van der Waals surface area contributed by atoms with Crippen LogP contribution in [0, 0.1) is 5.92 Å².